The van der Waals surface area contributed by atoms with Gasteiger partial charge in [-0.15, -0.1) is 0 Å². The van der Waals surface area contributed by atoms with Crippen LogP contribution in [0.15, 0.2) is 24.3 Å². The number of primary amides is 1. The van der Waals surface area contributed by atoms with E-state index in [0.29, 0.717) is 13.0 Å². The Morgan fingerprint density at radius 2 is 2.04 bits per heavy atom. The molecule has 0 aliphatic carbocycles. The number of piperidine rings is 1. The molecule has 0 spiro atoms. The summed E-state index contributed by atoms with van der Waals surface area (Å²) in [6, 6.07) is 4.30. The summed E-state index contributed by atoms with van der Waals surface area (Å²) in [4.78, 5) is 48.3. The van der Waals surface area contributed by atoms with Gasteiger partial charge < -0.3 is 20.7 Å². The summed E-state index contributed by atoms with van der Waals surface area (Å²) in [6.07, 6.45) is 2.02. The average Bonchev–Trinajstić information content (AvgIpc) is 2.64. The van der Waals surface area contributed by atoms with Gasteiger partial charge in [0.25, 0.3) is 11.8 Å². The summed E-state index contributed by atoms with van der Waals surface area (Å²) in [5.41, 5.74) is 5.35. The number of nitrogens with one attached hydrogen (secondary N) is 1. The van der Waals surface area contributed by atoms with Gasteiger partial charge in [0.1, 0.15) is 18.4 Å². The van der Waals surface area contributed by atoms with Crippen LogP contribution in [0, 0.1) is 5.82 Å². The molecule has 0 aromatic heterocycles. The highest BCUT2D eigenvalue weighted by molar-refractivity contribution is 5.96. The number of benzene rings is 1. The van der Waals surface area contributed by atoms with Crippen molar-refractivity contribution in [2.24, 2.45) is 5.73 Å². The van der Waals surface area contributed by atoms with Gasteiger partial charge >= 0.3 is 5.97 Å². The fraction of sp³-hybridized carbons (Fsp3) is 0.412. The summed E-state index contributed by atoms with van der Waals surface area (Å²) in [6.45, 7) is -0.638. The lowest BCUT2D eigenvalue weighted by Gasteiger charge is -2.33. The lowest BCUT2D eigenvalue weighted by molar-refractivity contribution is -0.154. The molecular formula is C17H20FN3O5. The third-order valence-corrected chi connectivity index (χ3v) is 3.99. The van der Waals surface area contributed by atoms with Gasteiger partial charge in [-0.25, -0.2) is 4.39 Å². The van der Waals surface area contributed by atoms with Gasteiger partial charge in [0.05, 0.1) is 0 Å². The number of hydrogen-bond donors (Lipinski definition) is 2. The molecular weight excluding hydrogens is 345 g/mol. The van der Waals surface area contributed by atoms with E-state index < -0.39 is 48.7 Å². The van der Waals surface area contributed by atoms with Crippen LogP contribution >= 0.6 is 0 Å². The first-order valence-electron chi connectivity index (χ1n) is 8.16. The minimum atomic E-state index is -0.823. The standard InChI is InChI=1S/C17H20FN3O5/c18-12-5-3-4-11(8-12)17(25)20-9-15(23)26-10-14(22)21-7-2-1-6-13(21)16(19)24/h3-5,8,13H,1-2,6-7,9-10H2,(H2,19,24)(H,20,25)/t13-/m0/s1. The Hall–Kier alpha value is -2.97. The maximum absolute atomic E-state index is 13.1. The topological polar surface area (TPSA) is 119 Å². The van der Waals surface area contributed by atoms with Crippen LogP contribution in [0.25, 0.3) is 0 Å². The van der Waals surface area contributed by atoms with Crippen molar-refractivity contribution in [3.63, 3.8) is 0 Å². The first-order valence-corrected chi connectivity index (χ1v) is 8.16. The van der Waals surface area contributed by atoms with Crippen LogP contribution in [0.5, 0.6) is 0 Å². The van der Waals surface area contributed by atoms with Crippen molar-refractivity contribution in [1.29, 1.82) is 0 Å². The number of carbonyl (C=O) groups is 4. The number of likely N-dealkylation sites (tertiary alicyclic amines) is 1. The van der Waals surface area contributed by atoms with Gasteiger partial charge in [0, 0.05) is 12.1 Å². The first kappa shape index (κ1) is 19.4. The number of amides is 3. The Balaban J connectivity index is 1.78. The molecule has 1 aromatic rings. The predicted molar refractivity (Wildman–Crippen MR) is 88.2 cm³/mol. The number of halogens is 1. The second kappa shape index (κ2) is 8.93. The van der Waals surface area contributed by atoms with Crippen LogP contribution < -0.4 is 11.1 Å². The highest BCUT2D eigenvalue weighted by atomic mass is 19.1. The monoisotopic (exact) mass is 365 g/mol. The Kier molecular flexibility index (Phi) is 6.65. The van der Waals surface area contributed by atoms with E-state index in [1.165, 1.54) is 23.1 Å². The Morgan fingerprint density at radius 3 is 2.73 bits per heavy atom. The molecule has 3 amide bonds. The van der Waals surface area contributed by atoms with E-state index in [0.717, 1.165) is 18.9 Å². The lowest BCUT2D eigenvalue weighted by Crippen LogP contribution is -2.51. The van der Waals surface area contributed by atoms with E-state index in [1.807, 2.05) is 0 Å². The molecule has 140 valence electrons. The third kappa shape index (κ3) is 5.27. The Morgan fingerprint density at radius 1 is 1.27 bits per heavy atom. The van der Waals surface area contributed by atoms with Crippen molar-refractivity contribution in [1.82, 2.24) is 10.2 Å². The number of hydrogen-bond acceptors (Lipinski definition) is 5. The van der Waals surface area contributed by atoms with E-state index in [9.17, 15) is 23.6 Å². The molecule has 1 fully saturated rings. The van der Waals surface area contributed by atoms with Crippen molar-refractivity contribution in [2.75, 3.05) is 19.7 Å². The van der Waals surface area contributed by atoms with Gasteiger partial charge in [-0.1, -0.05) is 6.07 Å². The molecule has 0 radical (unpaired) electrons. The van der Waals surface area contributed by atoms with Gasteiger partial charge in [0.15, 0.2) is 6.61 Å². The molecule has 26 heavy (non-hydrogen) atoms. The van der Waals surface area contributed by atoms with Crippen LogP contribution in [0.4, 0.5) is 4.39 Å². The molecule has 1 atom stereocenters. The van der Waals surface area contributed by atoms with Crippen LogP contribution in [0.2, 0.25) is 0 Å². The molecule has 3 N–H and O–H groups in total. The normalized spacial score (nSPS) is 16.7. The Labute approximate surface area is 149 Å². The van der Waals surface area contributed by atoms with Crippen molar-refractivity contribution >= 4 is 23.7 Å². The number of carbonyl (C=O) groups excluding carboxylic acids is 4. The third-order valence-electron chi connectivity index (χ3n) is 3.99. The molecule has 2 rings (SSSR count). The van der Waals surface area contributed by atoms with E-state index in [-0.39, 0.29) is 5.56 Å². The molecule has 8 nitrogen and oxygen atoms in total. The summed E-state index contributed by atoms with van der Waals surface area (Å²) >= 11 is 0. The summed E-state index contributed by atoms with van der Waals surface area (Å²) in [5, 5.41) is 2.28. The minimum Gasteiger partial charge on any atom is -0.454 e. The van der Waals surface area contributed by atoms with Gasteiger partial charge in [-0.05, 0) is 37.5 Å². The number of esters is 1. The number of nitrogens with two attached hydrogens (primary N) is 1. The molecule has 1 saturated heterocycles. The molecule has 0 bridgehead atoms. The van der Waals surface area contributed by atoms with Crippen LogP contribution in [-0.4, -0.2) is 54.3 Å². The van der Waals surface area contributed by atoms with E-state index in [4.69, 9.17) is 10.5 Å². The smallest absolute Gasteiger partial charge is 0.325 e. The zero-order chi connectivity index (χ0) is 19.1. The molecule has 1 aromatic carbocycles. The van der Waals surface area contributed by atoms with Crippen molar-refractivity contribution in [2.45, 2.75) is 25.3 Å². The second-order valence-electron chi connectivity index (χ2n) is 5.85. The highest BCUT2D eigenvalue weighted by Crippen LogP contribution is 2.16. The SMILES string of the molecule is NC(=O)[C@@H]1CCCCN1C(=O)COC(=O)CNC(=O)c1cccc(F)c1. The maximum atomic E-state index is 13.1. The fourth-order valence-corrected chi connectivity index (χ4v) is 2.69. The minimum absolute atomic E-state index is 0.0616. The first-order chi connectivity index (χ1) is 12.4. The van der Waals surface area contributed by atoms with Crippen LogP contribution in [0.3, 0.4) is 0 Å². The van der Waals surface area contributed by atoms with Crippen molar-refractivity contribution in [3.8, 4) is 0 Å². The molecule has 1 aliphatic rings. The van der Waals surface area contributed by atoms with E-state index >= 15 is 0 Å². The van der Waals surface area contributed by atoms with Crippen LogP contribution in [0.1, 0.15) is 29.6 Å². The van der Waals surface area contributed by atoms with E-state index in [1.54, 1.807) is 0 Å². The van der Waals surface area contributed by atoms with Gasteiger partial charge in [-0.2, -0.15) is 0 Å². The quantitative estimate of drug-likeness (QED) is 0.686. The van der Waals surface area contributed by atoms with Gasteiger partial charge in [0.2, 0.25) is 5.91 Å². The van der Waals surface area contributed by atoms with Crippen molar-refractivity contribution < 1.29 is 28.3 Å². The molecule has 0 unspecified atom stereocenters. The van der Waals surface area contributed by atoms with E-state index in [2.05, 4.69) is 5.32 Å². The Bertz CT molecular complexity index is 709. The molecule has 1 heterocycles. The fourth-order valence-electron chi connectivity index (χ4n) is 2.69. The number of rotatable bonds is 6. The average molecular weight is 365 g/mol. The zero-order valence-electron chi connectivity index (χ0n) is 14.1. The predicted octanol–water partition coefficient (Wildman–Crippen LogP) is -0.0349. The van der Waals surface area contributed by atoms with Crippen LogP contribution in [-0.2, 0) is 19.1 Å². The summed E-state index contributed by atoms with van der Waals surface area (Å²) in [5.74, 6) is -3.14. The van der Waals surface area contributed by atoms with Crippen molar-refractivity contribution in [3.05, 3.63) is 35.6 Å². The largest absolute Gasteiger partial charge is 0.454 e. The maximum Gasteiger partial charge on any atom is 0.325 e. The second-order valence-corrected chi connectivity index (χ2v) is 5.85. The summed E-state index contributed by atoms with van der Waals surface area (Å²) < 4.78 is 17.9. The number of nitrogens with zero attached hydrogens (tertiary/aromatic N) is 1. The molecule has 9 heteroatoms. The van der Waals surface area contributed by atoms with Gasteiger partial charge in [-0.3, -0.25) is 19.2 Å². The lowest BCUT2D eigenvalue weighted by atomic mass is 10.0. The summed E-state index contributed by atoms with van der Waals surface area (Å²) in [7, 11) is 0. The zero-order valence-corrected chi connectivity index (χ0v) is 14.1. The molecule has 1 aliphatic heterocycles. The molecule has 0 saturated carbocycles. The highest BCUT2D eigenvalue weighted by Gasteiger charge is 2.30. The number of ether oxygens (including phenoxy) is 1.